The number of aromatic amines is 1. The number of nitrogens with one attached hydrogen (secondary N) is 3. The standard InChI is InChI=1S/C29H28N6O3S/c30-18-25-24(29-33-32-28(38-29)19-35-12-5-14-37-15-13-35)16-20(22-8-4-9-26-23(22)10-11-31-26)17-27(25)34-39(36)21-6-2-1-3-7-21/h1-4,6-11,16-18,30-31,34H,5,12-15,19H2. The van der Waals surface area contributed by atoms with Crippen LogP contribution in [0.2, 0.25) is 0 Å². The largest absolute Gasteiger partial charge is 0.419 e. The van der Waals surface area contributed by atoms with Crippen molar-refractivity contribution < 1.29 is 13.4 Å². The number of benzene rings is 3. The van der Waals surface area contributed by atoms with Crippen molar-refractivity contribution in [2.75, 3.05) is 31.0 Å². The summed E-state index contributed by atoms with van der Waals surface area (Å²) in [6.07, 6.45) is 4.10. The third kappa shape index (κ3) is 5.40. The Balaban J connectivity index is 1.43. The summed E-state index contributed by atoms with van der Waals surface area (Å²) >= 11 is 0. The predicted molar refractivity (Wildman–Crippen MR) is 152 cm³/mol. The third-order valence-electron chi connectivity index (χ3n) is 6.76. The summed E-state index contributed by atoms with van der Waals surface area (Å²) in [4.78, 5) is 6.13. The van der Waals surface area contributed by atoms with Gasteiger partial charge < -0.3 is 24.3 Å². The molecule has 0 radical (unpaired) electrons. The molecule has 6 rings (SSSR count). The summed E-state index contributed by atoms with van der Waals surface area (Å²) < 4.78 is 28.1. The van der Waals surface area contributed by atoms with Crippen molar-refractivity contribution in [2.24, 2.45) is 0 Å². The van der Waals surface area contributed by atoms with Gasteiger partial charge in [0.1, 0.15) is 11.0 Å². The molecule has 1 aliphatic rings. The van der Waals surface area contributed by atoms with Gasteiger partial charge in [-0.15, -0.1) is 10.2 Å². The maximum Gasteiger partial charge on any atom is 0.248 e. The molecule has 0 amide bonds. The molecule has 39 heavy (non-hydrogen) atoms. The molecular formula is C29H28N6O3S. The highest BCUT2D eigenvalue weighted by molar-refractivity contribution is 7.86. The summed E-state index contributed by atoms with van der Waals surface area (Å²) in [5.41, 5.74) is 4.52. The summed E-state index contributed by atoms with van der Waals surface area (Å²) in [7, 11) is -1.54. The first kappa shape index (κ1) is 25.2. The Kier molecular flexibility index (Phi) is 7.31. The highest BCUT2D eigenvalue weighted by atomic mass is 32.2. The Morgan fingerprint density at radius 3 is 2.79 bits per heavy atom. The molecule has 198 valence electrons. The number of hydrogen-bond donors (Lipinski definition) is 3. The molecule has 5 aromatic rings. The van der Waals surface area contributed by atoms with Crippen LogP contribution in [0.15, 0.2) is 82.2 Å². The highest BCUT2D eigenvalue weighted by Gasteiger charge is 2.21. The number of rotatable bonds is 8. The molecule has 10 heteroatoms. The molecule has 9 nitrogen and oxygen atoms in total. The maximum absolute atomic E-state index is 13.3. The van der Waals surface area contributed by atoms with E-state index in [0.29, 0.717) is 46.6 Å². The number of anilines is 1. The lowest BCUT2D eigenvalue weighted by Gasteiger charge is -2.16. The minimum Gasteiger partial charge on any atom is -0.419 e. The fourth-order valence-electron chi connectivity index (χ4n) is 4.84. The molecule has 3 heterocycles. The van der Waals surface area contributed by atoms with Crippen molar-refractivity contribution in [2.45, 2.75) is 17.9 Å². The Labute approximate surface area is 228 Å². The second-order valence-electron chi connectivity index (χ2n) is 9.30. The summed E-state index contributed by atoms with van der Waals surface area (Å²) in [6, 6.07) is 21.1. The first-order valence-electron chi connectivity index (χ1n) is 12.8. The fraction of sp³-hybridized carbons (Fsp3) is 0.207. The molecule has 1 atom stereocenters. The van der Waals surface area contributed by atoms with Gasteiger partial charge in [-0.1, -0.05) is 30.3 Å². The third-order valence-corrected chi connectivity index (χ3v) is 7.87. The number of hydrogen-bond acceptors (Lipinski definition) is 7. The van der Waals surface area contributed by atoms with E-state index in [-0.39, 0.29) is 0 Å². The zero-order chi connectivity index (χ0) is 26.6. The Hall–Kier alpha value is -4.12. The second kappa shape index (κ2) is 11.3. The molecule has 1 aliphatic heterocycles. The topological polar surface area (TPSA) is 120 Å². The van der Waals surface area contributed by atoms with Crippen molar-refractivity contribution in [1.82, 2.24) is 20.1 Å². The molecule has 3 aromatic carbocycles. The van der Waals surface area contributed by atoms with Gasteiger partial charge >= 0.3 is 0 Å². The summed E-state index contributed by atoms with van der Waals surface area (Å²) in [5.74, 6) is 0.814. The van der Waals surface area contributed by atoms with Gasteiger partial charge in [0, 0.05) is 48.6 Å². The molecule has 0 spiro atoms. The average molecular weight is 541 g/mol. The van der Waals surface area contributed by atoms with Gasteiger partial charge in [-0.3, -0.25) is 4.90 Å². The van der Waals surface area contributed by atoms with Crippen LogP contribution in [0.5, 0.6) is 0 Å². The highest BCUT2D eigenvalue weighted by Crippen LogP contribution is 2.37. The molecule has 0 aliphatic carbocycles. The fourth-order valence-corrected chi connectivity index (χ4v) is 5.73. The number of fused-ring (bicyclic) bond motifs is 1. The van der Waals surface area contributed by atoms with E-state index in [1.54, 1.807) is 12.1 Å². The van der Waals surface area contributed by atoms with Crippen LogP contribution in [0.25, 0.3) is 33.5 Å². The predicted octanol–water partition coefficient (Wildman–Crippen LogP) is 5.24. The monoisotopic (exact) mass is 540 g/mol. The Bertz CT molecular complexity index is 1620. The Morgan fingerprint density at radius 2 is 1.92 bits per heavy atom. The van der Waals surface area contributed by atoms with Gasteiger partial charge in [0.15, 0.2) is 0 Å². The molecule has 2 aromatic heterocycles. The van der Waals surface area contributed by atoms with Gasteiger partial charge in [-0.05, 0) is 53.9 Å². The van der Waals surface area contributed by atoms with Gasteiger partial charge in [-0.2, -0.15) is 0 Å². The lowest BCUT2D eigenvalue weighted by Crippen LogP contribution is -2.25. The van der Waals surface area contributed by atoms with Crippen LogP contribution in [-0.4, -0.2) is 56.8 Å². The number of ether oxygens (including phenoxy) is 1. The molecule has 3 N–H and O–H groups in total. The van der Waals surface area contributed by atoms with Crippen LogP contribution in [0.1, 0.15) is 17.9 Å². The summed E-state index contributed by atoms with van der Waals surface area (Å²) in [6.45, 7) is 3.67. The molecular weight excluding hydrogens is 512 g/mol. The summed E-state index contributed by atoms with van der Waals surface area (Å²) in [5, 5.41) is 18.0. The van der Waals surface area contributed by atoms with E-state index in [4.69, 9.17) is 14.6 Å². The second-order valence-corrected chi connectivity index (χ2v) is 10.5. The van der Waals surface area contributed by atoms with E-state index in [1.807, 2.05) is 60.8 Å². The lowest BCUT2D eigenvalue weighted by atomic mass is 9.95. The van der Waals surface area contributed by atoms with E-state index >= 15 is 0 Å². The van der Waals surface area contributed by atoms with Gasteiger partial charge in [-0.25, -0.2) is 4.21 Å². The van der Waals surface area contributed by atoms with Crippen LogP contribution >= 0.6 is 0 Å². The van der Waals surface area contributed by atoms with Crippen molar-refractivity contribution in [3.8, 4) is 22.6 Å². The molecule has 1 saturated heterocycles. The number of aromatic nitrogens is 3. The molecule has 0 saturated carbocycles. The van der Waals surface area contributed by atoms with E-state index in [1.165, 1.54) is 6.21 Å². The quantitative estimate of drug-likeness (QED) is 0.232. The average Bonchev–Trinajstić information content (AvgIpc) is 3.57. The Morgan fingerprint density at radius 1 is 1.03 bits per heavy atom. The zero-order valence-corrected chi connectivity index (χ0v) is 22.0. The van der Waals surface area contributed by atoms with E-state index in [2.05, 4.69) is 24.8 Å². The SMILES string of the molecule is N=Cc1c(NS(=O)c2ccccc2)cc(-c2cccc3[nH]ccc23)cc1-c1nnc(CN2CCCOCC2)o1. The number of nitrogens with zero attached hydrogens (tertiary/aromatic N) is 3. The van der Waals surface area contributed by atoms with Crippen LogP contribution in [-0.2, 0) is 22.3 Å². The molecule has 1 fully saturated rings. The van der Waals surface area contributed by atoms with Crippen molar-refractivity contribution >= 4 is 33.8 Å². The van der Waals surface area contributed by atoms with Crippen LogP contribution in [0, 0.1) is 5.41 Å². The maximum atomic E-state index is 13.3. The van der Waals surface area contributed by atoms with Crippen LogP contribution < -0.4 is 4.72 Å². The van der Waals surface area contributed by atoms with Crippen LogP contribution in [0.3, 0.4) is 0 Å². The van der Waals surface area contributed by atoms with E-state index < -0.39 is 11.0 Å². The zero-order valence-electron chi connectivity index (χ0n) is 21.2. The lowest BCUT2D eigenvalue weighted by molar-refractivity contribution is 0.138. The minimum absolute atomic E-state index is 0.311. The van der Waals surface area contributed by atoms with Crippen molar-refractivity contribution in [3.05, 3.63) is 84.4 Å². The van der Waals surface area contributed by atoms with E-state index in [9.17, 15) is 4.21 Å². The smallest absolute Gasteiger partial charge is 0.248 e. The van der Waals surface area contributed by atoms with E-state index in [0.717, 1.165) is 48.1 Å². The molecule has 1 unspecified atom stereocenters. The molecule has 0 bridgehead atoms. The van der Waals surface area contributed by atoms with Crippen LogP contribution in [0.4, 0.5) is 5.69 Å². The van der Waals surface area contributed by atoms with Gasteiger partial charge in [0.05, 0.1) is 29.3 Å². The van der Waals surface area contributed by atoms with Crippen molar-refractivity contribution in [3.63, 3.8) is 0 Å². The van der Waals surface area contributed by atoms with Gasteiger partial charge in [0.25, 0.3) is 0 Å². The first-order chi connectivity index (χ1) is 19.2. The normalized spacial score (nSPS) is 15.2. The first-order valence-corrected chi connectivity index (χ1v) is 14.0. The number of H-pyrrole nitrogens is 1. The van der Waals surface area contributed by atoms with Gasteiger partial charge in [0.2, 0.25) is 11.8 Å². The van der Waals surface area contributed by atoms with Crippen molar-refractivity contribution in [1.29, 1.82) is 5.41 Å². The minimum atomic E-state index is -1.54.